The summed E-state index contributed by atoms with van der Waals surface area (Å²) in [7, 11) is 1.43. The van der Waals surface area contributed by atoms with Crippen LogP contribution in [0.1, 0.15) is 297 Å². The van der Waals surface area contributed by atoms with Gasteiger partial charge in [-0.1, -0.05) is 233 Å². The molecule has 0 spiro atoms. The molecule has 0 aromatic heterocycles. The minimum atomic E-state index is -2.00. The second-order valence-corrected chi connectivity index (χ2v) is 20.5. The fourth-order valence-electron chi connectivity index (χ4n) is 9.01. The Bertz CT molecular complexity index is 1340. The minimum absolute atomic E-state index is 0.00349. The molecule has 0 heterocycles. The molecule has 13 heteroatoms. The molecule has 4 unspecified atom stereocenters. The molecular weight excluding hydrogens is 929 g/mol. The molecule has 73 heavy (non-hydrogen) atoms. The number of esters is 5. The summed E-state index contributed by atoms with van der Waals surface area (Å²) in [4.78, 5) is 84.2. The Hall–Kier alpha value is -3.06. The fraction of sp³-hybridized carbons (Fsp3) is 0.900. The van der Waals surface area contributed by atoms with Crippen LogP contribution in [0.3, 0.4) is 0 Å². The van der Waals surface area contributed by atoms with Gasteiger partial charge in [-0.05, 0) is 32.1 Å². The number of ether oxygens (including phenoxy) is 6. The molecule has 0 aliphatic rings. The Morgan fingerprint density at radius 3 is 0.904 bits per heavy atom. The Labute approximate surface area is 445 Å². The van der Waals surface area contributed by atoms with Crippen molar-refractivity contribution in [2.75, 3.05) is 26.9 Å². The van der Waals surface area contributed by atoms with Gasteiger partial charge < -0.3 is 33.5 Å². The molecule has 1 N–H and O–H groups in total. The van der Waals surface area contributed by atoms with Crippen molar-refractivity contribution in [2.24, 2.45) is 0 Å². The lowest BCUT2D eigenvalue weighted by molar-refractivity contribution is -0.207. The Kier molecular flexibility index (Phi) is 50.2. The van der Waals surface area contributed by atoms with E-state index < -0.39 is 60.0 Å². The van der Waals surface area contributed by atoms with Crippen LogP contribution in [-0.2, 0) is 57.2 Å². The van der Waals surface area contributed by atoms with Gasteiger partial charge in [0.15, 0.2) is 18.0 Å². The number of hydrogen-bond acceptors (Lipinski definition) is 13. The van der Waals surface area contributed by atoms with E-state index in [1.54, 1.807) is 0 Å². The molecule has 0 aliphatic carbocycles. The molecule has 0 fully saturated rings. The van der Waals surface area contributed by atoms with Crippen LogP contribution < -0.4 is 0 Å². The molecule has 4 atom stereocenters. The number of aliphatic hydroxyl groups excluding tert-OH is 1. The topological polar surface area (TPSA) is 178 Å². The molecule has 0 bridgehead atoms. The highest BCUT2D eigenvalue weighted by atomic mass is 16.6. The normalized spacial score (nSPS) is 13.0. The molecule has 0 aromatic rings. The fourth-order valence-corrected chi connectivity index (χ4v) is 9.01. The smallest absolute Gasteiger partial charge is 0.351 e. The molecule has 0 aromatic carbocycles. The first-order valence-electron chi connectivity index (χ1n) is 30.2. The second kappa shape index (κ2) is 52.4. The summed E-state index contributed by atoms with van der Waals surface area (Å²) >= 11 is 0. The van der Waals surface area contributed by atoms with Crippen molar-refractivity contribution in [3.05, 3.63) is 0 Å². The van der Waals surface area contributed by atoms with E-state index in [2.05, 4.69) is 27.7 Å². The van der Waals surface area contributed by atoms with Gasteiger partial charge in [0.1, 0.15) is 6.61 Å². The summed E-state index contributed by atoms with van der Waals surface area (Å²) < 4.78 is 34.9. The van der Waals surface area contributed by atoms with Crippen LogP contribution >= 0.6 is 0 Å². The maximum Gasteiger partial charge on any atom is 0.351 e. The zero-order valence-electron chi connectivity index (χ0n) is 47.5. The second-order valence-electron chi connectivity index (χ2n) is 20.5. The SMILES string of the molecule is CCCCCCCCCCCC(=O)OC(C(=O)CCCO)C(OC(=O)CCCCCCCCCCC)C(OC(=O)CCCCCCCCCCC)C(OC(=O)CCCCCCCCCCC)C(=O)OCCOC. The third-order valence-corrected chi connectivity index (χ3v) is 13.6. The first kappa shape index (κ1) is 69.9. The summed E-state index contributed by atoms with van der Waals surface area (Å²) in [6.07, 6.45) is 28.2. The van der Waals surface area contributed by atoms with Crippen molar-refractivity contribution in [1.82, 2.24) is 0 Å². The van der Waals surface area contributed by atoms with Crippen LogP contribution in [0.15, 0.2) is 0 Å². The first-order chi connectivity index (χ1) is 35.6. The number of carbonyl (C=O) groups excluding carboxylic acids is 6. The van der Waals surface area contributed by atoms with E-state index >= 15 is 0 Å². The largest absolute Gasteiger partial charge is 0.460 e. The van der Waals surface area contributed by atoms with E-state index in [9.17, 15) is 33.9 Å². The summed E-state index contributed by atoms with van der Waals surface area (Å²) in [5.41, 5.74) is 0. The maximum atomic E-state index is 14.3. The molecule has 0 rings (SSSR count). The van der Waals surface area contributed by atoms with E-state index in [0.717, 1.165) is 103 Å². The number of unbranched alkanes of at least 4 members (excludes halogenated alkanes) is 32. The van der Waals surface area contributed by atoms with Gasteiger partial charge in [0.25, 0.3) is 0 Å². The van der Waals surface area contributed by atoms with Crippen molar-refractivity contribution < 1.29 is 62.3 Å². The Balaban J connectivity index is 6.97. The van der Waals surface area contributed by atoms with Gasteiger partial charge in [-0.25, -0.2) is 4.79 Å². The van der Waals surface area contributed by atoms with E-state index in [-0.39, 0.29) is 58.3 Å². The van der Waals surface area contributed by atoms with Gasteiger partial charge in [-0.3, -0.25) is 24.0 Å². The van der Waals surface area contributed by atoms with Crippen molar-refractivity contribution >= 4 is 35.6 Å². The zero-order valence-corrected chi connectivity index (χ0v) is 47.5. The lowest BCUT2D eigenvalue weighted by Gasteiger charge is -2.35. The summed E-state index contributed by atoms with van der Waals surface area (Å²) in [5, 5.41) is 9.82. The number of hydrogen-bond donors (Lipinski definition) is 1. The quantitative estimate of drug-likeness (QED) is 0.0346. The van der Waals surface area contributed by atoms with Gasteiger partial charge >= 0.3 is 29.8 Å². The molecule has 13 nitrogen and oxygen atoms in total. The van der Waals surface area contributed by atoms with Gasteiger partial charge in [-0.2, -0.15) is 0 Å². The number of ketones is 1. The highest BCUT2D eigenvalue weighted by Gasteiger charge is 2.50. The van der Waals surface area contributed by atoms with Crippen LogP contribution in [0.2, 0.25) is 0 Å². The lowest BCUT2D eigenvalue weighted by Crippen LogP contribution is -2.56. The molecule has 0 saturated carbocycles. The third kappa shape index (κ3) is 41.8. The van der Waals surface area contributed by atoms with Crippen molar-refractivity contribution in [3.8, 4) is 0 Å². The van der Waals surface area contributed by atoms with Gasteiger partial charge in [0, 0.05) is 45.8 Å². The highest BCUT2D eigenvalue weighted by molar-refractivity contribution is 5.87. The molecule has 0 radical (unpaired) electrons. The molecule has 0 saturated heterocycles. The van der Waals surface area contributed by atoms with Crippen LogP contribution in [0.5, 0.6) is 0 Å². The predicted octanol–water partition coefficient (Wildman–Crippen LogP) is 14.8. The number of rotatable bonds is 55. The van der Waals surface area contributed by atoms with Gasteiger partial charge in [0.2, 0.25) is 12.2 Å². The number of carbonyl (C=O) groups is 6. The lowest BCUT2D eigenvalue weighted by atomic mass is 9.96. The van der Waals surface area contributed by atoms with E-state index in [1.165, 1.54) is 110 Å². The van der Waals surface area contributed by atoms with Crippen molar-refractivity contribution in [1.29, 1.82) is 0 Å². The summed E-state index contributed by atoms with van der Waals surface area (Å²) in [6.45, 7) is 8.16. The van der Waals surface area contributed by atoms with Crippen LogP contribution in [0, 0.1) is 0 Å². The summed E-state index contributed by atoms with van der Waals surface area (Å²) in [5.74, 6) is -4.81. The van der Waals surface area contributed by atoms with Crippen LogP contribution in [0.4, 0.5) is 0 Å². The minimum Gasteiger partial charge on any atom is -0.460 e. The molecule has 0 amide bonds. The molecule has 428 valence electrons. The van der Waals surface area contributed by atoms with E-state index in [4.69, 9.17) is 28.4 Å². The highest BCUT2D eigenvalue weighted by Crippen LogP contribution is 2.26. The monoisotopic (exact) mass is 1040 g/mol. The average molecular weight is 1040 g/mol. The van der Waals surface area contributed by atoms with Crippen LogP contribution in [-0.4, -0.2) is 92.1 Å². The average Bonchev–Trinajstić information content (AvgIpc) is 3.38. The van der Waals surface area contributed by atoms with Gasteiger partial charge in [-0.15, -0.1) is 0 Å². The van der Waals surface area contributed by atoms with Crippen molar-refractivity contribution in [3.63, 3.8) is 0 Å². The predicted molar refractivity (Wildman–Crippen MR) is 291 cm³/mol. The molecular formula is C60H110O13. The van der Waals surface area contributed by atoms with Crippen molar-refractivity contribution in [2.45, 2.75) is 322 Å². The first-order valence-corrected chi connectivity index (χ1v) is 30.2. The number of aliphatic hydroxyl groups is 1. The van der Waals surface area contributed by atoms with E-state index in [0.29, 0.717) is 25.7 Å². The Morgan fingerprint density at radius 1 is 0.329 bits per heavy atom. The number of methoxy groups -OCH3 is 1. The maximum absolute atomic E-state index is 14.3. The van der Waals surface area contributed by atoms with E-state index in [1.807, 2.05) is 0 Å². The number of Topliss-reactive ketones (excluding diaryl/α,β-unsaturated/α-hetero) is 1. The van der Waals surface area contributed by atoms with Crippen LogP contribution in [0.25, 0.3) is 0 Å². The van der Waals surface area contributed by atoms with Gasteiger partial charge in [0.05, 0.1) is 6.61 Å². The molecule has 0 aliphatic heterocycles. The zero-order chi connectivity index (χ0) is 53.8. The summed E-state index contributed by atoms with van der Waals surface area (Å²) in [6, 6.07) is 0. The third-order valence-electron chi connectivity index (χ3n) is 13.6. The standard InChI is InChI=1S/C60H110O13/c1-6-10-14-18-22-26-30-34-38-44-52(63)70-56(51(62)43-42-48-61)57(71-53(64)45-39-35-31-27-23-19-15-11-7-2)58(72-54(65)46-40-36-32-28-24-20-16-12-8-3)59(60(67)69-50-49-68-5)73-55(66)47-41-37-33-29-25-21-17-13-9-4/h56-59,61H,6-50H2,1-5H3. The Morgan fingerprint density at radius 2 is 0.603 bits per heavy atom.